The Hall–Kier alpha value is -2.10. The maximum Gasteiger partial charge on any atom is 0.432 e. The van der Waals surface area contributed by atoms with Crippen LogP contribution < -0.4 is 0 Å². The summed E-state index contributed by atoms with van der Waals surface area (Å²) in [4.78, 5) is 28.1. The van der Waals surface area contributed by atoms with E-state index in [1.54, 1.807) is 0 Å². The number of ether oxygens (including phenoxy) is 1. The molecule has 2 aliphatic heterocycles. The summed E-state index contributed by atoms with van der Waals surface area (Å²) in [6.07, 6.45) is -3.25. The summed E-state index contributed by atoms with van der Waals surface area (Å²) in [6.45, 7) is 1.22. The Balaban J connectivity index is 1.62. The fraction of sp³-hybridized carbons (Fsp3) is 0.688. The van der Waals surface area contributed by atoms with Crippen molar-refractivity contribution in [2.75, 3.05) is 33.7 Å². The molecule has 1 amide bonds. The van der Waals surface area contributed by atoms with Crippen LogP contribution in [0.25, 0.3) is 0 Å². The predicted molar refractivity (Wildman–Crippen MR) is 84.2 cm³/mol. The molecule has 1 aromatic rings. The van der Waals surface area contributed by atoms with Crippen LogP contribution in [0.5, 0.6) is 0 Å². The number of piperidine rings is 1. The Kier molecular flexibility index (Phi) is 4.72. The van der Waals surface area contributed by atoms with Crippen LogP contribution in [0.4, 0.5) is 13.2 Å². The van der Waals surface area contributed by atoms with Crippen molar-refractivity contribution in [2.24, 2.45) is 5.41 Å². The molecule has 1 unspecified atom stereocenters. The van der Waals surface area contributed by atoms with E-state index in [9.17, 15) is 22.8 Å². The molecule has 0 radical (unpaired) electrons. The number of halogens is 3. The van der Waals surface area contributed by atoms with Crippen LogP contribution in [0.1, 0.15) is 35.4 Å². The van der Waals surface area contributed by atoms with Crippen LogP contribution >= 0.6 is 0 Å². The van der Waals surface area contributed by atoms with Crippen molar-refractivity contribution in [1.29, 1.82) is 0 Å². The summed E-state index contributed by atoms with van der Waals surface area (Å²) in [7, 11) is 3.80. The van der Waals surface area contributed by atoms with Crippen LogP contribution in [0.2, 0.25) is 0 Å². The van der Waals surface area contributed by atoms with Gasteiger partial charge in [0.1, 0.15) is 11.8 Å². The second kappa shape index (κ2) is 6.57. The number of alkyl halides is 3. The highest BCUT2D eigenvalue weighted by atomic mass is 19.4. The average molecular weight is 374 g/mol. The number of carbonyl (C=O) groups is 2. The van der Waals surface area contributed by atoms with Gasteiger partial charge in [-0.25, -0.2) is 0 Å². The molecule has 10 heteroatoms. The lowest BCUT2D eigenvalue weighted by atomic mass is 9.76. The first-order chi connectivity index (χ1) is 12.1. The molecule has 3 rings (SSSR count). The first kappa shape index (κ1) is 18.7. The number of aromatic nitrogens is 2. The average Bonchev–Trinajstić information content (AvgIpc) is 3.13. The highest BCUT2D eigenvalue weighted by Crippen LogP contribution is 2.43. The molecular weight excluding hydrogens is 353 g/mol. The lowest BCUT2D eigenvalue weighted by molar-refractivity contribution is -0.150. The second-order valence-electron chi connectivity index (χ2n) is 7.23. The Labute approximate surface area is 148 Å². The molecule has 0 bridgehead atoms. The van der Waals surface area contributed by atoms with Crippen molar-refractivity contribution >= 4 is 11.9 Å². The van der Waals surface area contributed by atoms with Gasteiger partial charge in [0.2, 0.25) is 0 Å². The highest BCUT2D eigenvalue weighted by Gasteiger charge is 2.51. The van der Waals surface area contributed by atoms with Gasteiger partial charge in [-0.15, -0.1) is 0 Å². The van der Waals surface area contributed by atoms with E-state index < -0.39 is 23.2 Å². The first-order valence-electron chi connectivity index (χ1n) is 8.38. The topological polar surface area (TPSA) is 78.5 Å². The van der Waals surface area contributed by atoms with Crippen LogP contribution in [0.15, 0.2) is 6.07 Å². The number of likely N-dealkylation sites (tertiary alicyclic amines) is 1. The number of hydrogen-bond donors (Lipinski definition) is 1. The third kappa shape index (κ3) is 3.55. The molecule has 1 N–H and O–H groups in total. The Morgan fingerprint density at radius 1 is 1.42 bits per heavy atom. The second-order valence-corrected chi connectivity index (χ2v) is 7.23. The van der Waals surface area contributed by atoms with Gasteiger partial charge in [0.25, 0.3) is 5.91 Å². The molecule has 144 valence electrons. The van der Waals surface area contributed by atoms with E-state index in [1.165, 1.54) is 4.90 Å². The molecule has 26 heavy (non-hydrogen) atoms. The van der Waals surface area contributed by atoms with Gasteiger partial charge in [-0.1, -0.05) is 0 Å². The number of amides is 1. The molecular formula is C16H21F3N4O3. The minimum atomic E-state index is -4.58. The quantitative estimate of drug-likeness (QED) is 0.812. The molecule has 0 aliphatic carbocycles. The molecule has 1 aromatic heterocycles. The molecule has 2 aliphatic rings. The van der Waals surface area contributed by atoms with Gasteiger partial charge in [-0.05, 0) is 26.9 Å². The fourth-order valence-corrected chi connectivity index (χ4v) is 3.63. The van der Waals surface area contributed by atoms with Gasteiger partial charge >= 0.3 is 12.1 Å². The molecule has 2 saturated heterocycles. The van der Waals surface area contributed by atoms with Crippen molar-refractivity contribution < 1.29 is 27.5 Å². The number of hydrogen-bond acceptors (Lipinski definition) is 5. The van der Waals surface area contributed by atoms with E-state index in [2.05, 4.69) is 5.10 Å². The van der Waals surface area contributed by atoms with E-state index in [1.807, 2.05) is 24.1 Å². The third-order valence-corrected chi connectivity index (χ3v) is 5.00. The van der Waals surface area contributed by atoms with Crippen molar-refractivity contribution in [3.63, 3.8) is 0 Å². The Morgan fingerprint density at radius 3 is 2.62 bits per heavy atom. The van der Waals surface area contributed by atoms with Crippen molar-refractivity contribution in [2.45, 2.75) is 31.5 Å². The number of carbonyl (C=O) groups excluding carboxylic acids is 2. The fourth-order valence-electron chi connectivity index (χ4n) is 3.63. The molecule has 0 aromatic carbocycles. The molecule has 0 saturated carbocycles. The van der Waals surface area contributed by atoms with Crippen molar-refractivity contribution in [1.82, 2.24) is 20.0 Å². The zero-order valence-corrected chi connectivity index (χ0v) is 14.6. The number of aromatic amines is 1. The van der Waals surface area contributed by atoms with Crippen LogP contribution in [-0.2, 0) is 15.7 Å². The summed E-state index contributed by atoms with van der Waals surface area (Å²) in [5.74, 6) is -0.807. The third-order valence-electron chi connectivity index (χ3n) is 5.00. The first-order valence-corrected chi connectivity index (χ1v) is 8.38. The number of H-pyrrole nitrogens is 1. The normalized spacial score (nSPS) is 22.9. The van der Waals surface area contributed by atoms with E-state index >= 15 is 0 Å². The summed E-state index contributed by atoms with van der Waals surface area (Å²) in [5.41, 5.74) is -1.92. The summed E-state index contributed by atoms with van der Waals surface area (Å²) in [5, 5.41) is 5.32. The number of nitrogens with zero attached hydrogens (tertiary/aromatic N) is 3. The Morgan fingerprint density at radius 2 is 2.08 bits per heavy atom. The maximum absolute atomic E-state index is 12.6. The zero-order valence-electron chi connectivity index (χ0n) is 14.6. The number of likely N-dealkylation sites (N-methyl/N-ethyl adjacent to an activating group) is 1. The summed E-state index contributed by atoms with van der Waals surface area (Å²) >= 11 is 0. The molecule has 7 nitrogen and oxygen atoms in total. The molecule has 3 heterocycles. The van der Waals surface area contributed by atoms with E-state index in [4.69, 9.17) is 4.74 Å². The minimum absolute atomic E-state index is 0.166. The van der Waals surface area contributed by atoms with Gasteiger partial charge in [0, 0.05) is 32.1 Å². The van der Waals surface area contributed by atoms with Gasteiger partial charge < -0.3 is 14.5 Å². The monoisotopic (exact) mass is 374 g/mol. The lowest BCUT2D eigenvalue weighted by Gasteiger charge is -2.36. The largest absolute Gasteiger partial charge is 0.461 e. The maximum atomic E-state index is 12.6. The molecule has 1 atom stereocenters. The smallest absolute Gasteiger partial charge is 0.432 e. The standard InChI is InChI=1S/C16H21F3N4O3/c1-22(2)9-10-8-15(14(25)26-10)3-5-23(6-4-15)13(24)11-7-12(21-20-11)16(17,18)19/h7,10H,3-6,8-9H2,1-2H3,(H,20,21). The zero-order chi connectivity index (χ0) is 19.1. The minimum Gasteiger partial charge on any atom is -0.461 e. The van der Waals surface area contributed by atoms with Gasteiger partial charge in [-0.2, -0.15) is 18.3 Å². The molecule has 2 fully saturated rings. The van der Waals surface area contributed by atoms with Crippen LogP contribution in [0, 0.1) is 5.41 Å². The van der Waals surface area contributed by atoms with E-state index in [0.29, 0.717) is 31.9 Å². The summed E-state index contributed by atoms with van der Waals surface area (Å²) in [6, 6.07) is 0.712. The number of cyclic esters (lactones) is 1. The number of nitrogens with one attached hydrogen (secondary N) is 1. The van der Waals surface area contributed by atoms with Crippen LogP contribution in [0.3, 0.4) is 0 Å². The van der Waals surface area contributed by atoms with Gasteiger partial charge in [0.15, 0.2) is 5.69 Å². The lowest BCUT2D eigenvalue weighted by Crippen LogP contribution is -2.45. The van der Waals surface area contributed by atoms with Crippen molar-refractivity contribution in [3.8, 4) is 0 Å². The highest BCUT2D eigenvalue weighted by molar-refractivity contribution is 5.92. The predicted octanol–water partition coefficient (Wildman–Crippen LogP) is 1.53. The molecule has 1 spiro atoms. The summed E-state index contributed by atoms with van der Waals surface area (Å²) < 4.78 is 43.3. The van der Waals surface area contributed by atoms with Crippen LogP contribution in [-0.4, -0.2) is 71.7 Å². The van der Waals surface area contributed by atoms with Gasteiger partial charge in [-0.3, -0.25) is 14.7 Å². The number of rotatable bonds is 3. The Bertz CT molecular complexity index is 693. The van der Waals surface area contributed by atoms with E-state index in [0.717, 1.165) is 0 Å². The van der Waals surface area contributed by atoms with Crippen molar-refractivity contribution in [3.05, 3.63) is 17.5 Å². The van der Waals surface area contributed by atoms with Gasteiger partial charge in [0.05, 0.1) is 5.41 Å². The van der Waals surface area contributed by atoms with E-state index in [-0.39, 0.29) is 30.9 Å². The SMILES string of the molecule is CN(C)CC1CC2(CCN(C(=O)c3cc(C(F)(F)F)[nH]n3)CC2)C(=O)O1. The number of esters is 1.